The predicted molar refractivity (Wildman–Crippen MR) is 133 cm³/mol. The smallest absolute Gasteiger partial charge is 0.224 e. The van der Waals surface area contributed by atoms with Gasteiger partial charge in [-0.1, -0.05) is 19.1 Å². The Kier molecular flexibility index (Phi) is 10.4. The van der Waals surface area contributed by atoms with Crippen LogP contribution in [-0.2, 0) is 17.6 Å². The zero-order valence-electron chi connectivity index (χ0n) is 17.8. The molecule has 1 amide bonds. The highest BCUT2D eigenvalue weighted by atomic mass is 127. The van der Waals surface area contributed by atoms with Crippen molar-refractivity contribution in [2.24, 2.45) is 4.99 Å². The first-order valence-electron chi connectivity index (χ1n) is 10.1. The van der Waals surface area contributed by atoms with Gasteiger partial charge in [-0.15, -0.1) is 24.0 Å². The maximum atomic E-state index is 13.2. The van der Waals surface area contributed by atoms with Gasteiger partial charge in [-0.2, -0.15) is 4.37 Å². The molecule has 1 saturated heterocycles. The van der Waals surface area contributed by atoms with Crippen LogP contribution in [0.1, 0.15) is 18.3 Å². The van der Waals surface area contributed by atoms with Crippen molar-refractivity contribution in [1.82, 2.24) is 24.9 Å². The molecule has 170 valence electrons. The molecule has 11 heteroatoms. The predicted octanol–water partition coefficient (Wildman–Crippen LogP) is 1.91. The first-order chi connectivity index (χ1) is 14.6. The molecule has 2 N–H and O–H groups in total. The summed E-state index contributed by atoms with van der Waals surface area (Å²) in [5.41, 5.74) is 0.663. The number of hydrogen-bond acceptors (Lipinski definition) is 6. The fourth-order valence-electron chi connectivity index (χ4n) is 3.23. The number of piperazine rings is 1. The molecule has 1 fully saturated rings. The second-order valence-electron chi connectivity index (χ2n) is 6.95. The van der Waals surface area contributed by atoms with E-state index in [1.54, 1.807) is 19.2 Å². The Bertz CT molecular complexity index is 871. The molecule has 0 radical (unpaired) electrons. The SMILES string of the molecule is CCc1nsc(N2CCN(C(=NC)NCCNC(=O)Cc3cccc(F)c3)CC2)n1.I. The van der Waals surface area contributed by atoms with Crippen LogP contribution in [0.5, 0.6) is 0 Å². The van der Waals surface area contributed by atoms with E-state index in [0.29, 0.717) is 18.7 Å². The van der Waals surface area contributed by atoms with Crippen molar-refractivity contribution >= 4 is 52.5 Å². The first-order valence-corrected chi connectivity index (χ1v) is 10.9. The molecule has 0 unspecified atom stereocenters. The number of halogens is 2. The summed E-state index contributed by atoms with van der Waals surface area (Å²) in [5.74, 6) is 1.26. The van der Waals surface area contributed by atoms with Crippen molar-refractivity contribution in [3.05, 3.63) is 41.5 Å². The molecule has 8 nitrogen and oxygen atoms in total. The van der Waals surface area contributed by atoms with Gasteiger partial charge in [0.25, 0.3) is 0 Å². The van der Waals surface area contributed by atoms with Crippen LogP contribution in [-0.4, -0.2) is 72.4 Å². The lowest BCUT2D eigenvalue weighted by Gasteiger charge is -2.36. The lowest BCUT2D eigenvalue weighted by molar-refractivity contribution is -0.120. The average Bonchev–Trinajstić information content (AvgIpc) is 3.23. The summed E-state index contributed by atoms with van der Waals surface area (Å²) in [5, 5.41) is 7.12. The Morgan fingerprint density at radius 3 is 2.61 bits per heavy atom. The topological polar surface area (TPSA) is 85.8 Å². The molecule has 1 aliphatic heterocycles. The van der Waals surface area contributed by atoms with Gasteiger partial charge in [0.15, 0.2) is 5.96 Å². The number of aryl methyl sites for hydroxylation is 1. The van der Waals surface area contributed by atoms with Gasteiger partial charge in [0.05, 0.1) is 6.42 Å². The number of carbonyl (C=O) groups excluding carboxylic acids is 1. The van der Waals surface area contributed by atoms with Crippen molar-refractivity contribution in [2.45, 2.75) is 19.8 Å². The van der Waals surface area contributed by atoms with Crippen LogP contribution in [0.2, 0.25) is 0 Å². The van der Waals surface area contributed by atoms with Crippen molar-refractivity contribution in [1.29, 1.82) is 0 Å². The summed E-state index contributed by atoms with van der Waals surface area (Å²) >= 11 is 1.46. The highest BCUT2D eigenvalue weighted by Crippen LogP contribution is 2.19. The number of nitrogens with zero attached hydrogens (tertiary/aromatic N) is 5. The molecule has 31 heavy (non-hydrogen) atoms. The van der Waals surface area contributed by atoms with E-state index in [2.05, 4.69) is 41.7 Å². The minimum atomic E-state index is -0.331. The minimum absolute atomic E-state index is 0. The Labute approximate surface area is 203 Å². The summed E-state index contributed by atoms with van der Waals surface area (Å²) in [6, 6.07) is 6.10. The number of aliphatic imine (C=N–C) groups is 1. The van der Waals surface area contributed by atoms with Gasteiger partial charge < -0.3 is 20.4 Å². The molecule has 0 aliphatic carbocycles. The summed E-state index contributed by atoms with van der Waals surface area (Å²) in [6.45, 7) is 6.51. The van der Waals surface area contributed by atoms with Gasteiger partial charge in [0.2, 0.25) is 11.0 Å². The van der Waals surface area contributed by atoms with E-state index in [9.17, 15) is 9.18 Å². The van der Waals surface area contributed by atoms with E-state index in [1.807, 2.05) is 0 Å². The maximum Gasteiger partial charge on any atom is 0.224 e. The monoisotopic (exact) mass is 561 g/mol. The Balaban J connectivity index is 0.00000341. The van der Waals surface area contributed by atoms with E-state index in [4.69, 9.17) is 0 Å². The van der Waals surface area contributed by atoms with Crippen LogP contribution in [0.3, 0.4) is 0 Å². The summed E-state index contributed by atoms with van der Waals surface area (Å²) in [6.07, 6.45) is 1.02. The number of amides is 1. The number of benzene rings is 1. The largest absolute Gasteiger partial charge is 0.354 e. The zero-order valence-corrected chi connectivity index (χ0v) is 21.0. The van der Waals surface area contributed by atoms with Crippen molar-refractivity contribution in [3.63, 3.8) is 0 Å². The number of aromatic nitrogens is 2. The number of guanidine groups is 1. The molecule has 1 aliphatic rings. The van der Waals surface area contributed by atoms with Gasteiger partial charge >= 0.3 is 0 Å². The third kappa shape index (κ3) is 7.56. The number of carbonyl (C=O) groups is 1. The van der Waals surface area contributed by atoms with E-state index in [1.165, 1.54) is 23.7 Å². The number of nitrogens with one attached hydrogen (secondary N) is 2. The second-order valence-corrected chi connectivity index (χ2v) is 7.68. The van der Waals surface area contributed by atoms with Crippen LogP contribution in [0, 0.1) is 5.82 Å². The number of rotatable bonds is 7. The van der Waals surface area contributed by atoms with Crippen LogP contribution in [0.15, 0.2) is 29.3 Å². The van der Waals surface area contributed by atoms with Crippen molar-refractivity contribution < 1.29 is 9.18 Å². The fraction of sp³-hybridized carbons (Fsp3) is 0.500. The van der Waals surface area contributed by atoms with Gasteiger partial charge in [-0.05, 0) is 17.7 Å². The Morgan fingerprint density at radius 1 is 1.23 bits per heavy atom. The minimum Gasteiger partial charge on any atom is -0.354 e. The van der Waals surface area contributed by atoms with E-state index in [-0.39, 0.29) is 42.1 Å². The summed E-state index contributed by atoms with van der Waals surface area (Å²) in [4.78, 5) is 25.4. The quantitative estimate of drug-likeness (QED) is 0.233. The third-order valence-corrected chi connectivity index (χ3v) is 5.63. The van der Waals surface area contributed by atoms with E-state index in [0.717, 1.165) is 49.5 Å². The van der Waals surface area contributed by atoms with Crippen LogP contribution in [0.4, 0.5) is 9.52 Å². The Hall–Kier alpha value is -2.02. The molecule has 3 rings (SSSR count). The molecular formula is C20H29FIN7OS. The Morgan fingerprint density at radius 2 is 1.97 bits per heavy atom. The molecule has 2 aromatic rings. The molecule has 2 heterocycles. The van der Waals surface area contributed by atoms with Crippen LogP contribution >= 0.6 is 35.5 Å². The molecule has 0 spiro atoms. The highest BCUT2D eigenvalue weighted by molar-refractivity contribution is 14.0. The van der Waals surface area contributed by atoms with Crippen LogP contribution < -0.4 is 15.5 Å². The average molecular weight is 561 g/mol. The lowest BCUT2D eigenvalue weighted by Crippen LogP contribution is -2.53. The highest BCUT2D eigenvalue weighted by Gasteiger charge is 2.21. The molecular weight excluding hydrogens is 532 g/mol. The van der Waals surface area contributed by atoms with Crippen LogP contribution in [0.25, 0.3) is 0 Å². The zero-order chi connectivity index (χ0) is 21.3. The fourth-order valence-corrected chi connectivity index (χ4v) is 4.03. The number of hydrogen-bond donors (Lipinski definition) is 2. The van der Waals surface area contributed by atoms with E-state index < -0.39 is 0 Å². The summed E-state index contributed by atoms with van der Waals surface area (Å²) in [7, 11) is 1.76. The van der Waals surface area contributed by atoms with Crippen molar-refractivity contribution in [2.75, 3.05) is 51.2 Å². The normalized spacial score (nSPS) is 14.2. The molecule has 0 bridgehead atoms. The van der Waals surface area contributed by atoms with Gasteiger partial charge in [-0.25, -0.2) is 9.37 Å². The number of anilines is 1. The third-order valence-electron chi connectivity index (χ3n) is 4.82. The van der Waals surface area contributed by atoms with Gasteiger partial charge in [0, 0.05) is 64.3 Å². The molecule has 0 atom stereocenters. The first kappa shape index (κ1) is 25.2. The molecule has 0 saturated carbocycles. The van der Waals surface area contributed by atoms with Gasteiger partial charge in [0.1, 0.15) is 11.6 Å². The molecule has 1 aromatic heterocycles. The standard InChI is InChI=1S/C20H28FN7OS.HI/c1-3-17-25-20(30-26-17)28-11-9-27(10-12-28)19(22-2)24-8-7-23-18(29)14-15-5-4-6-16(21)13-15;/h4-6,13H,3,7-12,14H2,1-2H3,(H,22,24)(H,23,29);1H. The lowest BCUT2D eigenvalue weighted by atomic mass is 10.1. The second kappa shape index (κ2) is 12.7. The maximum absolute atomic E-state index is 13.2. The van der Waals surface area contributed by atoms with Crippen molar-refractivity contribution in [3.8, 4) is 0 Å². The molecule has 1 aromatic carbocycles. The van der Waals surface area contributed by atoms with E-state index >= 15 is 0 Å². The van der Waals surface area contributed by atoms with Gasteiger partial charge in [-0.3, -0.25) is 9.79 Å². The summed E-state index contributed by atoms with van der Waals surface area (Å²) < 4.78 is 17.6.